The summed E-state index contributed by atoms with van der Waals surface area (Å²) in [5.74, 6) is -1.91. The van der Waals surface area contributed by atoms with Crippen LogP contribution in [0.2, 0.25) is 0 Å². The molecule has 0 heterocycles. The van der Waals surface area contributed by atoms with E-state index >= 15 is 0 Å². The van der Waals surface area contributed by atoms with Crippen molar-refractivity contribution in [2.24, 2.45) is 0 Å². The first-order valence-electron chi connectivity index (χ1n) is 11.8. The van der Waals surface area contributed by atoms with Crippen molar-refractivity contribution in [3.63, 3.8) is 0 Å². The van der Waals surface area contributed by atoms with Gasteiger partial charge in [-0.3, -0.25) is 9.59 Å². The second kappa shape index (κ2) is 10.5. The number of esters is 1. The minimum Gasteiger partial charge on any atom is -0.432 e. The number of rotatable bonds is 7. The van der Waals surface area contributed by atoms with E-state index in [2.05, 4.69) is 5.32 Å². The van der Waals surface area contributed by atoms with Crippen LogP contribution in [-0.4, -0.2) is 23.7 Å². The summed E-state index contributed by atoms with van der Waals surface area (Å²) >= 11 is 0. The molecule has 34 heavy (non-hydrogen) atoms. The molecule has 1 aliphatic carbocycles. The summed E-state index contributed by atoms with van der Waals surface area (Å²) in [5, 5.41) is 3.04. The zero-order valence-electron chi connectivity index (χ0n) is 19.3. The number of ether oxygens (including phenoxy) is 1. The van der Waals surface area contributed by atoms with Gasteiger partial charge in [-0.15, -0.1) is 0 Å². The van der Waals surface area contributed by atoms with E-state index in [1.165, 1.54) is 0 Å². The summed E-state index contributed by atoms with van der Waals surface area (Å²) in [5.41, 5.74) is -0.381. The molecular formula is C29H29NO4. The lowest BCUT2D eigenvalue weighted by atomic mass is 9.83. The lowest BCUT2D eigenvalue weighted by molar-refractivity contribution is -0.138. The third kappa shape index (κ3) is 4.93. The van der Waals surface area contributed by atoms with Crippen LogP contribution in [0.25, 0.3) is 0 Å². The standard InChI is InChI=1S/C29H29NO4/c1-21-12-11-15-23(20-21)27(32)34-29(24-16-7-3-8-17-24,26(31)22-13-5-2-6-14-22)28(33)30-25-18-9-4-10-19-25/h2-3,5-8,11-17,20,25H,4,9-10,18-19H2,1H3,(H,30,33). The number of amides is 1. The molecule has 1 fully saturated rings. The topological polar surface area (TPSA) is 72.5 Å². The highest BCUT2D eigenvalue weighted by atomic mass is 16.6. The van der Waals surface area contributed by atoms with Crippen molar-refractivity contribution in [2.45, 2.75) is 50.7 Å². The van der Waals surface area contributed by atoms with Crippen molar-refractivity contribution >= 4 is 17.7 Å². The molecule has 5 nitrogen and oxygen atoms in total. The van der Waals surface area contributed by atoms with E-state index in [-0.39, 0.29) is 11.6 Å². The van der Waals surface area contributed by atoms with Crippen LogP contribution in [0.3, 0.4) is 0 Å². The molecule has 3 aromatic rings. The van der Waals surface area contributed by atoms with E-state index in [1.54, 1.807) is 78.9 Å². The van der Waals surface area contributed by atoms with Crippen LogP contribution in [0, 0.1) is 6.92 Å². The lowest BCUT2D eigenvalue weighted by Gasteiger charge is -2.34. The first-order chi connectivity index (χ1) is 16.5. The highest BCUT2D eigenvalue weighted by Crippen LogP contribution is 2.33. The van der Waals surface area contributed by atoms with Gasteiger partial charge in [0.05, 0.1) is 5.56 Å². The maximum absolute atomic E-state index is 14.0. The Kier molecular flexibility index (Phi) is 7.21. The van der Waals surface area contributed by atoms with Gasteiger partial charge in [0.25, 0.3) is 11.5 Å². The summed E-state index contributed by atoms with van der Waals surface area (Å²) in [6.07, 6.45) is 4.82. The third-order valence-electron chi connectivity index (χ3n) is 6.30. The number of ketones is 1. The normalized spacial score (nSPS) is 15.7. The summed E-state index contributed by atoms with van der Waals surface area (Å²) in [6, 6.07) is 23.9. The molecule has 1 unspecified atom stereocenters. The van der Waals surface area contributed by atoms with Crippen molar-refractivity contribution in [1.29, 1.82) is 0 Å². The Balaban J connectivity index is 1.82. The predicted octanol–water partition coefficient (Wildman–Crippen LogP) is 5.38. The average Bonchev–Trinajstić information content (AvgIpc) is 2.88. The van der Waals surface area contributed by atoms with Crippen LogP contribution in [0.1, 0.15) is 63.9 Å². The minimum atomic E-state index is -2.15. The first kappa shape index (κ1) is 23.4. The fraction of sp³-hybridized carbons (Fsp3) is 0.276. The van der Waals surface area contributed by atoms with Crippen LogP contribution in [0.15, 0.2) is 84.9 Å². The monoisotopic (exact) mass is 455 g/mol. The second-order valence-electron chi connectivity index (χ2n) is 8.81. The van der Waals surface area contributed by atoms with Crippen LogP contribution >= 0.6 is 0 Å². The molecule has 1 N–H and O–H groups in total. The minimum absolute atomic E-state index is 0.0643. The number of hydrogen-bond donors (Lipinski definition) is 1. The molecule has 0 saturated heterocycles. The molecule has 0 bridgehead atoms. The van der Waals surface area contributed by atoms with Crippen molar-refractivity contribution in [1.82, 2.24) is 5.32 Å². The van der Waals surface area contributed by atoms with Crippen LogP contribution in [0.5, 0.6) is 0 Å². The molecule has 5 heteroatoms. The summed E-state index contributed by atoms with van der Waals surface area (Å²) in [6.45, 7) is 1.87. The molecule has 174 valence electrons. The van der Waals surface area contributed by atoms with Crippen LogP contribution in [0.4, 0.5) is 0 Å². The number of nitrogens with one attached hydrogen (secondary N) is 1. The van der Waals surface area contributed by atoms with E-state index in [4.69, 9.17) is 4.74 Å². The molecule has 0 radical (unpaired) electrons. The zero-order chi connectivity index (χ0) is 24.0. The van der Waals surface area contributed by atoms with Crippen molar-refractivity contribution in [3.05, 3.63) is 107 Å². The molecule has 1 saturated carbocycles. The van der Waals surface area contributed by atoms with Crippen LogP contribution < -0.4 is 5.32 Å². The summed E-state index contributed by atoms with van der Waals surface area (Å²) in [7, 11) is 0. The highest BCUT2D eigenvalue weighted by molar-refractivity contribution is 6.18. The second-order valence-corrected chi connectivity index (χ2v) is 8.81. The Morgan fingerprint density at radius 2 is 1.41 bits per heavy atom. The van der Waals surface area contributed by atoms with Gasteiger partial charge in [-0.25, -0.2) is 4.79 Å². The fourth-order valence-electron chi connectivity index (χ4n) is 4.49. The van der Waals surface area contributed by atoms with Gasteiger partial charge in [-0.05, 0) is 31.9 Å². The molecule has 0 aliphatic heterocycles. The maximum Gasteiger partial charge on any atom is 0.340 e. The van der Waals surface area contributed by atoms with E-state index in [0.29, 0.717) is 11.1 Å². The quantitative estimate of drug-likeness (QED) is 0.295. The Bertz CT molecular complexity index is 1150. The van der Waals surface area contributed by atoms with Crippen LogP contribution in [-0.2, 0) is 15.1 Å². The number of Topliss-reactive ketones (excluding diaryl/α,β-unsaturated/α-hetero) is 1. The zero-order valence-corrected chi connectivity index (χ0v) is 19.3. The summed E-state index contributed by atoms with van der Waals surface area (Å²) in [4.78, 5) is 41.4. The van der Waals surface area contributed by atoms with Gasteiger partial charge in [0.1, 0.15) is 0 Å². The SMILES string of the molecule is Cc1cccc(C(=O)OC(C(=O)NC2CCCCC2)(C(=O)c2ccccc2)c2ccccc2)c1. The van der Waals surface area contributed by atoms with Crippen molar-refractivity contribution < 1.29 is 19.1 Å². The number of carbonyl (C=O) groups is 3. The maximum atomic E-state index is 14.0. The molecule has 1 atom stereocenters. The van der Waals surface area contributed by atoms with E-state index in [0.717, 1.165) is 37.7 Å². The number of hydrogen-bond acceptors (Lipinski definition) is 4. The first-order valence-corrected chi connectivity index (χ1v) is 11.8. The Hall–Kier alpha value is -3.73. The average molecular weight is 456 g/mol. The molecule has 0 aromatic heterocycles. The largest absolute Gasteiger partial charge is 0.432 e. The Morgan fingerprint density at radius 3 is 2.06 bits per heavy atom. The van der Waals surface area contributed by atoms with Gasteiger partial charge in [0.2, 0.25) is 5.78 Å². The Morgan fingerprint density at radius 1 is 0.794 bits per heavy atom. The molecule has 1 aliphatic rings. The molecule has 4 rings (SSSR count). The molecular weight excluding hydrogens is 426 g/mol. The Labute approximate surface area is 200 Å². The predicted molar refractivity (Wildman–Crippen MR) is 131 cm³/mol. The number of aryl methyl sites for hydroxylation is 1. The summed E-state index contributed by atoms with van der Waals surface area (Å²) < 4.78 is 5.98. The van der Waals surface area contributed by atoms with E-state index in [9.17, 15) is 14.4 Å². The van der Waals surface area contributed by atoms with E-state index in [1.807, 2.05) is 13.0 Å². The third-order valence-corrected chi connectivity index (χ3v) is 6.30. The smallest absolute Gasteiger partial charge is 0.340 e. The molecule has 1 amide bonds. The molecule has 0 spiro atoms. The fourth-order valence-corrected chi connectivity index (χ4v) is 4.49. The van der Waals surface area contributed by atoms with Gasteiger partial charge in [-0.2, -0.15) is 0 Å². The van der Waals surface area contributed by atoms with E-state index < -0.39 is 23.3 Å². The van der Waals surface area contributed by atoms with Gasteiger partial charge in [0, 0.05) is 17.2 Å². The van der Waals surface area contributed by atoms with Crippen molar-refractivity contribution in [3.8, 4) is 0 Å². The highest BCUT2D eigenvalue weighted by Gasteiger charge is 2.52. The van der Waals surface area contributed by atoms with Gasteiger partial charge < -0.3 is 10.1 Å². The van der Waals surface area contributed by atoms with Gasteiger partial charge in [0.15, 0.2) is 0 Å². The lowest BCUT2D eigenvalue weighted by Crippen LogP contribution is -2.55. The van der Waals surface area contributed by atoms with Gasteiger partial charge >= 0.3 is 5.97 Å². The van der Waals surface area contributed by atoms with Crippen molar-refractivity contribution in [2.75, 3.05) is 0 Å². The molecule has 3 aromatic carbocycles. The number of benzene rings is 3. The number of carbonyl (C=O) groups excluding carboxylic acids is 3. The van der Waals surface area contributed by atoms with Gasteiger partial charge in [-0.1, -0.05) is 97.6 Å².